The van der Waals surface area contributed by atoms with E-state index in [1.165, 1.54) is 16.1 Å². The number of thioether (sulfide) groups is 1. The van der Waals surface area contributed by atoms with Gasteiger partial charge in [0.1, 0.15) is 0 Å². The van der Waals surface area contributed by atoms with E-state index in [-0.39, 0.29) is 0 Å². The molecule has 0 unspecified atom stereocenters. The molecule has 102 valence electrons. The van der Waals surface area contributed by atoms with Gasteiger partial charge in [-0.15, -0.1) is 11.8 Å². The number of para-hydroxylation sites is 1. The molecule has 0 atom stereocenters. The minimum atomic E-state index is -3.50. The van der Waals surface area contributed by atoms with Gasteiger partial charge in [0.25, 0.3) is 0 Å². The molecule has 3 N–H and O–H groups in total. The lowest BCUT2D eigenvalue weighted by molar-refractivity contribution is 0.468. The highest BCUT2D eigenvalue weighted by atomic mass is 32.2. The van der Waals surface area contributed by atoms with Crippen molar-refractivity contribution < 1.29 is 8.42 Å². The smallest absolute Gasteiger partial charge is 0.301 e. The minimum absolute atomic E-state index is 0.410. The van der Waals surface area contributed by atoms with E-state index in [1.807, 2.05) is 18.4 Å². The van der Waals surface area contributed by atoms with Gasteiger partial charge in [-0.3, -0.25) is 4.72 Å². The van der Waals surface area contributed by atoms with Crippen molar-refractivity contribution in [2.45, 2.75) is 11.3 Å². The van der Waals surface area contributed by atoms with Crippen molar-refractivity contribution in [2.75, 3.05) is 31.1 Å². The highest BCUT2D eigenvalue weighted by Gasteiger charge is 2.17. The Morgan fingerprint density at radius 1 is 1.39 bits per heavy atom. The normalized spacial score (nSPS) is 11.8. The predicted molar refractivity (Wildman–Crippen MR) is 77.1 cm³/mol. The molecule has 0 saturated heterocycles. The van der Waals surface area contributed by atoms with Crippen molar-refractivity contribution in [1.29, 1.82) is 0 Å². The van der Waals surface area contributed by atoms with E-state index in [9.17, 15) is 8.42 Å². The Kier molecular flexibility index (Phi) is 5.94. The molecule has 0 aliphatic heterocycles. The van der Waals surface area contributed by atoms with E-state index >= 15 is 0 Å². The molecule has 1 rings (SSSR count). The molecule has 0 aromatic heterocycles. The summed E-state index contributed by atoms with van der Waals surface area (Å²) >= 11 is 1.50. The molecule has 1 aromatic carbocycles. The van der Waals surface area contributed by atoms with Crippen molar-refractivity contribution in [1.82, 2.24) is 4.31 Å². The Morgan fingerprint density at radius 3 is 2.67 bits per heavy atom. The monoisotopic (exact) mass is 289 g/mol. The van der Waals surface area contributed by atoms with Crippen LogP contribution >= 0.6 is 11.8 Å². The maximum Gasteiger partial charge on any atom is 0.301 e. The van der Waals surface area contributed by atoms with Gasteiger partial charge in [0, 0.05) is 18.5 Å². The Labute approximate surface area is 113 Å². The molecule has 7 heteroatoms. The Morgan fingerprint density at radius 2 is 2.06 bits per heavy atom. The van der Waals surface area contributed by atoms with Crippen LogP contribution in [0.5, 0.6) is 0 Å². The van der Waals surface area contributed by atoms with Crippen LogP contribution in [0.2, 0.25) is 0 Å². The first-order valence-corrected chi connectivity index (χ1v) is 8.25. The summed E-state index contributed by atoms with van der Waals surface area (Å²) in [6.45, 7) is 0.883. The number of anilines is 1. The fourth-order valence-corrected chi connectivity index (χ4v) is 2.98. The van der Waals surface area contributed by atoms with Gasteiger partial charge in [0.15, 0.2) is 0 Å². The second-order valence-electron chi connectivity index (χ2n) is 3.77. The lowest BCUT2D eigenvalue weighted by Crippen LogP contribution is -2.34. The largest absolute Gasteiger partial charge is 0.330 e. The first kappa shape index (κ1) is 15.3. The molecule has 0 aliphatic rings. The van der Waals surface area contributed by atoms with Crippen LogP contribution in [0, 0.1) is 0 Å². The van der Waals surface area contributed by atoms with Crippen LogP contribution in [-0.4, -0.2) is 39.1 Å². The predicted octanol–water partition coefficient (Wildman–Crippen LogP) is 1.35. The SMILES string of the molecule is CSc1ccccc1NS(=O)(=O)N(C)CCCN. The summed E-state index contributed by atoms with van der Waals surface area (Å²) in [4.78, 5) is 0.897. The first-order chi connectivity index (χ1) is 8.51. The Balaban J connectivity index is 2.82. The van der Waals surface area contributed by atoms with Gasteiger partial charge >= 0.3 is 10.2 Å². The highest BCUT2D eigenvalue weighted by Crippen LogP contribution is 2.25. The average molecular weight is 289 g/mol. The zero-order valence-corrected chi connectivity index (χ0v) is 12.2. The Hall–Kier alpha value is -0.760. The summed E-state index contributed by atoms with van der Waals surface area (Å²) in [5.74, 6) is 0. The van der Waals surface area contributed by atoms with Crippen LogP contribution in [0.1, 0.15) is 6.42 Å². The minimum Gasteiger partial charge on any atom is -0.330 e. The summed E-state index contributed by atoms with van der Waals surface area (Å²) in [5, 5.41) is 0. The van der Waals surface area contributed by atoms with Crippen molar-refractivity contribution >= 4 is 27.7 Å². The molecular weight excluding hydrogens is 270 g/mol. The summed E-state index contributed by atoms with van der Waals surface area (Å²) in [6.07, 6.45) is 2.55. The number of hydrogen-bond donors (Lipinski definition) is 2. The van der Waals surface area contributed by atoms with E-state index in [4.69, 9.17) is 5.73 Å². The van der Waals surface area contributed by atoms with Gasteiger partial charge in [0.2, 0.25) is 0 Å². The lowest BCUT2D eigenvalue weighted by Gasteiger charge is -2.19. The van der Waals surface area contributed by atoms with E-state index in [2.05, 4.69) is 4.72 Å². The van der Waals surface area contributed by atoms with Crippen molar-refractivity contribution in [3.63, 3.8) is 0 Å². The van der Waals surface area contributed by atoms with E-state index in [0.29, 0.717) is 25.2 Å². The summed E-state index contributed by atoms with van der Waals surface area (Å²) in [5.41, 5.74) is 5.97. The van der Waals surface area contributed by atoms with Gasteiger partial charge in [-0.2, -0.15) is 12.7 Å². The summed E-state index contributed by atoms with van der Waals surface area (Å²) in [6, 6.07) is 7.31. The molecular formula is C11H19N3O2S2. The van der Waals surface area contributed by atoms with Gasteiger partial charge in [-0.05, 0) is 31.4 Å². The quantitative estimate of drug-likeness (QED) is 0.743. The number of rotatable bonds is 7. The molecule has 0 spiro atoms. The molecule has 0 radical (unpaired) electrons. The standard InChI is InChI=1S/C11H19N3O2S2/c1-14(9-5-8-12)18(15,16)13-10-6-3-4-7-11(10)17-2/h3-4,6-7,13H,5,8-9,12H2,1-2H3. The van der Waals surface area contributed by atoms with E-state index in [0.717, 1.165) is 4.90 Å². The van der Waals surface area contributed by atoms with Crippen LogP contribution in [0.4, 0.5) is 5.69 Å². The number of nitrogens with two attached hydrogens (primary N) is 1. The topological polar surface area (TPSA) is 75.4 Å². The fraction of sp³-hybridized carbons (Fsp3) is 0.455. The van der Waals surface area contributed by atoms with Crippen molar-refractivity contribution in [2.24, 2.45) is 5.73 Å². The zero-order chi connectivity index (χ0) is 13.6. The van der Waals surface area contributed by atoms with Crippen LogP contribution in [-0.2, 0) is 10.2 Å². The number of hydrogen-bond acceptors (Lipinski definition) is 4. The van der Waals surface area contributed by atoms with Gasteiger partial charge in [-0.25, -0.2) is 0 Å². The third-order valence-corrected chi connectivity index (χ3v) is 4.71. The third-order valence-electron chi connectivity index (χ3n) is 2.43. The molecule has 0 heterocycles. The summed E-state index contributed by atoms with van der Waals surface area (Å²) < 4.78 is 27.9. The molecule has 0 aliphatic carbocycles. The first-order valence-electron chi connectivity index (χ1n) is 5.58. The molecule has 0 saturated carbocycles. The van der Waals surface area contributed by atoms with Gasteiger partial charge in [0.05, 0.1) is 5.69 Å². The van der Waals surface area contributed by atoms with Crippen molar-refractivity contribution in [3.05, 3.63) is 24.3 Å². The van der Waals surface area contributed by atoms with Crippen LogP contribution in [0.3, 0.4) is 0 Å². The zero-order valence-electron chi connectivity index (χ0n) is 10.6. The van der Waals surface area contributed by atoms with Crippen LogP contribution in [0.15, 0.2) is 29.2 Å². The molecule has 5 nitrogen and oxygen atoms in total. The number of nitrogens with one attached hydrogen (secondary N) is 1. The lowest BCUT2D eigenvalue weighted by atomic mass is 10.3. The molecule has 0 amide bonds. The molecule has 0 fully saturated rings. The molecule has 1 aromatic rings. The van der Waals surface area contributed by atoms with E-state index < -0.39 is 10.2 Å². The highest BCUT2D eigenvalue weighted by molar-refractivity contribution is 7.98. The van der Waals surface area contributed by atoms with Crippen LogP contribution in [0.25, 0.3) is 0 Å². The summed E-state index contributed by atoms with van der Waals surface area (Å²) in [7, 11) is -1.96. The van der Waals surface area contributed by atoms with Crippen molar-refractivity contribution in [3.8, 4) is 0 Å². The second kappa shape index (κ2) is 6.98. The number of nitrogens with zero attached hydrogens (tertiary/aromatic N) is 1. The van der Waals surface area contributed by atoms with Crippen LogP contribution < -0.4 is 10.5 Å². The maximum absolute atomic E-state index is 12.0. The van der Waals surface area contributed by atoms with Gasteiger partial charge < -0.3 is 5.73 Å². The van der Waals surface area contributed by atoms with Gasteiger partial charge in [-0.1, -0.05) is 12.1 Å². The second-order valence-corrected chi connectivity index (χ2v) is 6.40. The Bertz CT molecular complexity index is 477. The molecule has 0 bridgehead atoms. The maximum atomic E-state index is 12.0. The number of benzene rings is 1. The average Bonchev–Trinajstić information content (AvgIpc) is 2.36. The molecule has 18 heavy (non-hydrogen) atoms. The third kappa shape index (κ3) is 4.16. The van der Waals surface area contributed by atoms with E-state index in [1.54, 1.807) is 19.2 Å². The fourth-order valence-electron chi connectivity index (χ4n) is 1.38.